The van der Waals surface area contributed by atoms with Crippen LogP contribution in [0.4, 0.5) is 0 Å². The van der Waals surface area contributed by atoms with Crippen molar-refractivity contribution in [1.82, 2.24) is 14.7 Å². The lowest BCUT2D eigenvalue weighted by atomic mass is 10.0. The van der Waals surface area contributed by atoms with Crippen molar-refractivity contribution in [2.24, 2.45) is 0 Å². The van der Waals surface area contributed by atoms with Crippen LogP contribution in [0.15, 0.2) is 42.7 Å². The van der Waals surface area contributed by atoms with Gasteiger partial charge < -0.3 is 5.11 Å². The highest BCUT2D eigenvalue weighted by molar-refractivity contribution is 6.45. The van der Waals surface area contributed by atoms with Gasteiger partial charge in [0.15, 0.2) is 12.4 Å². The Balaban J connectivity index is 1.96. The van der Waals surface area contributed by atoms with Crippen molar-refractivity contribution in [3.05, 3.63) is 69.6 Å². The number of benzene rings is 1. The van der Waals surface area contributed by atoms with Crippen molar-refractivity contribution in [3.63, 3.8) is 0 Å². The SMILES string of the molecule is CCCN1C(=O)C(c2c(C)nn(-c3ccc(Cl)c(Cl)c3)c2[O-])=C([n+]2cccc(C)c2)C1=O. The van der Waals surface area contributed by atoms with E-state index in [1.807, 2.05) is 19.9 Å². The molecule has 2 amide bonds. The fourth-order valence-corrected chi connectivity index (χ4v) is 4.06. The van der Waals surface area contributed by atoms with E-state index in [9.17, 15) is 14.7 Å². The third kappa shape index (κ3) is 3.57. The molecule has 0 spiro atoms. The van der Waals surface area contributed by atoms with E-state index >= 15 is 0 Å². The van der Waals surface area contributed by atoms with Crippen molar-refractivity contribution < 1.29 is 19.3 Å². The molecule has 2 aromatic heterocycles. The maximum absolute atomic E-state index is 13.4. The van der Waals surface area contributed by atoms with E-state index in [2.05, 4.69) is 5.10 Å². The third-order valence-electron chi connectivity index (χ3n) is 5.21. The summed E-state index contributed by atoms with van der Waals surface area (Å²) in [5, 5.41) is 18.4. The molecule has 0 saturated carbocycles. The number of pyridine rings is 1. The van der Waals surface area contributed by atoms with Crippen molar-refractivity contribution in [1.29, 1.82) is 0 Å². The summed E-state index contributed by atoms with van der Waals surface area (Å²) in [6.45, 7) is 5.65. The Kier molecular flexibility index (Phi) is 5.79. The minimum absolute atomic E-state index is 0.0489. The van der Waals surface area contributed by atoms with Gasteiger partial charge in [-0.15, -0.1) is 0 Å². The molecule has 1 aromatic carbocycles. The number of hydrogen-bond acceptors (Lipinski definition) is 4. The van der Waals surface area contributed by atoms with Gasteiger partial charge in [0.25, 0.3) is 11.6 Å². The molecule has 0 aliphatic carbocycles. The molecule has 1 aliphatic heterocycles. The first-order chi connectivity index (χ1) is 15.2. The molecule has 3 aromatic rings. The monoisotopic (exact) mass is 470 g/mol. The minimum atomic E-state index is -0.513. The smallest absolute Gasteiger partial charge is 0.326 e. The average molecular weight is 471 g/mol. The summed E-state index contributed by atoms with van der Waals surface area (Å²) in [7, 11) is 0. The molecule has 0 bridgehead atoms. The molecule has 0 N–H and O–H groups in total. The number of hydrogen-bond donors (Lipinski definition) is 0. The van der Waals surface area contributed by atoms with E-state index in [1.54, 1.807) is 42.1 Å². The number of nitrogens with zero attached hydrogens (tertiary/aromatic N) is 4. The van der Waals surface area contributed by atoms with Gasteiger partial charge in [-0.25, -0.2) is 4.68 Å². The van der Waals surface area contributed by atoms with Gasteiger partial charge >= 0.3 is 5.91 Å². The van der Waals surface area contributed by atoms with Crippen LogP contribution in [0.5, 0.6) is 5.88 Å². The molecule has 0 fully saturated rings. The lowest BCUT2D eigenvalue weighted by Gasteiger charge is -2.15. The molecule has 4 rings (SSSR count). The molecule has 32 heavy (non-hydrogen) atoms. The van der Waals surface area contributed by atoms with E-state index in [0.717, 1.165) is 5.56 Å². The van der Waals surface area contributed by atoms with Crippen LogP contribution in [0.3, 0.4) is 0 Å². The molecule has 0 radical (unpaired) electrons. The third-order valence-corrected chi connectivity index (χ3v) is 5.95. The van der Waals surface area contributed by atoms with Crippen molar-refractivity contribution in [2.75, 3.05) is 6.54 Å². The van der Waals surface area contributed by atoms with Crippen molar-refractivity contribution in [2.45, 2.75) is 27.2 Å². The number of aryl methyl sites for hydroxylation is 2. The van der Waals surface area contributed by atoms with Crippen LogP contribution in [0.25, 0.3) is 17.0 Å². The summed E-state index contributed by atoms with van der Waals surface area (Å²) in [5.74, 6) is -1.46. The highest BCUT2D eigenvalue weighted by Crippen LogP contribution is 2.37. The van der Waals surface area contributed by atoms with E-state index in [-0.39, 0.29) is 28.4 Å². The average Bonchev–Trinajstić information content (AvgIpc) is 3.17. The van der Waals surface area contributed by atoms with Gasteiger partial charge in [-0.1, -0.05) is 30.1 Å². The van der Waals surface area contributed by atoms with Crippen LogP contribution in [0.2, 0.25) is 10.0 Å². The molecule has 164 valence electrons. The second-order valence-electron chi connectivity index (χ2n) is 7.55. The second kappa shape index (κ2) is 8.41. The fraction of sp³-hybridized carbons (Fsp3) is 0.217. The van der Waals surface area contributed by atoms with E-state index in [0.29, 0.717) is 22.8 Å². The molecular weight excluding hydrogens is 451 g/mol. The van der Waals surface area contributed by atoms with Gasteiger partial charge in [-0.3, -0.25) is 14.5 Å². The number of rotatable bonds is 5. The molecule has 0 saturated heterocycles. The van der Waals surface area contributed by atoms with Crippen LogP contribution in [-0.4, -0.2) is 33.0 Å². The fourth-order valence-electron chi connectivity index (χ4n) is 3.77. The molecule has 0 atom stereocenters. The van der Waals surface area contributed by atoms with Crippen LogP contribution < -0.4 is 9.67 Å². The highest BCUT2D eigenvalue weighted by Gasteiger charge is 2.46. The van der Waals surface area contributed by atoms with Gasteiger partial charge in [0.2, 0.25) is 0 Å². The number of imide groups is 1. The van der Waals surface area contributed by atoms with Crippen molar-refractivity contribution in [3.8, 4) is 11.6 Å². The maximum Gasteiger partial charge on any atom is 0.326 e. The van der Waals surface area contributed by atoms with Crippen LogP contribution >= 0.6 is 23.2 Å². The van der Waals surface area contributed by atoms with Gasteiger partial charge in [0, 0.05) is 23.7 Å². The number of carbonyl (C=O) groups is 2. The second-order valence-corrected chi connectivity index (χ2v) is 8.36. The Hall–Kier alpha value is -3.16. The van der Waals surface area contributed by atoms with Gasteiger partial charge in [-0.2, -0.15) is 9.67 Å². The number of carbonyl (C=O) groups excluding carboxylic acids is 2. The van der Waals surface area contributed by atoms with Crippen LogP contribution in [0.1, 0.15) is 30.2 Å². The first kappa shape index (κ1) is 22.0. The van der Waals surface area contributed by atoms with E-state index in [4.69, 9.17) is 23.2 Å². The quantitative estimate of drug-likeness (QED) is 0.423. The summed E-state index contributed by atoms with van der Waals surface area (Å²) in [6.07, 6.45) is 4.04. The zero-order valence-electron chi connectivity index (χ0n) is 17.7. The molecule has 0 unspecified atom stereocenters. The standard InChI is InChI=1S/C23H20Cl2N4O3/c1-4-9-28-21(30)19(20(23(28)32)27-10-5-6-13(2)12-27)18-14(3)26-29(22(18)31)15-7-8-16(24)17(25)11-15/h5-8,10-12H,4,9H2,1-3H3. The minimum Gasteiger partial charge on any atom is -0.858 e. The lowest BCUT2D eigenvalue weighted by Crippen LogP contribution is -2.40. The Labute approximate surface area is 195 Å². The van der Waals surface area contributed by atoms with E-state index < -0.39 is 17.7 Å². The first-order valence-corrected chi connectivity index (χ1v) is 10.8. The molecule has 3 heterocycles. The summed E-state index contributed by atoms with van der Waals surface area (Å²) >= 11 is 12.1. The summed E-state index contributed by atoms with van der Waals surface area (Å²) < 4.78 is 2.76. The molecular formula is C23H20Cl2N4O3. The normalized spacial score (nSPS) is 14.1. The Morgan fingerprint density at radius 1 is 1.09 bits per heavy atom. The van der Waals surface area contributed by atoms with Gasteiger partial charge in [0.1, 0.15) is 5.57 Å². The van der Waals surface area contributed by atoms with Crippen LogP contribution in [0, 0.1) is 13.8 Å². The molecule has 9 heteroatoms. The zero-order valence-corrected chi connectivity index (χ0v) is 19.2. The maximum atomic E-state index is 13.4. The highest BCUT2D eigenvalue weighted by atomic mass is 35.5. The first-order valence-electron chi connectivity index (χ1n) is 10.1. The number of aromatic nitrogens is 3. The Morgan fingerprint density at radius 2 is 1.84 bits per heavy atom. The zero-order chi connectivity index (χ0) is 23.2. The number of halogens is 2. The topological polar surface area (TPSA) is 82.1 Å². The largest absolute Gasteiger partial charge is 0.858 e. The lowest BCUT2D eigenvalue weighted by molar-refractivity contribution is -0.577. The predicted octanol–water partition coefficient (Wildman–Crippen LogP) is 3.30. The predicted molar refractivity (Wildman–Crippen MR) is 119 cm³/mol. The molecule has 1 aliphatic rings. The van der Waals surface area contributed by atoms with Gasteiger partial charge in [0.05, 0.1) is 21.4 Å². The Bertz CT molecular complexity index is 1300. The summed E-state index contributed by atoms with van der Waals surface area (Å²) in [5.41, 5.74) is 1.93. The van der Waals surface area contributed by atoms with Crippen molar-refractivity contribution >= 4 is 46.3 Å². The van der Waals surface area contributed by atoms with Gasteiger partial charge in [-0.05, 0) is 50.4 Å². The molecule has 7 nitrogen and oxygen atoms in total. The number of amides is 2. The summed E-state index contributed by atoms with van der Waals surface area (Å²) in [4.78, 5) is 27.8. The van der Waals surface area contributed by atoms with E-state index in [1.165, 1.54) is 15.6 Å². The summed E-state index contributed by atoms with van der Waals surface area (Å²) in [6, 6.07) is 8.37. The van der Waals surface area contributed by atoms with Crippen LogP contribution in [-0.2, 0) is 9.59 Å². The Morgan fingerprint density at radius 3 is 2.50 bits per heavy atom.